The molecule has 0 fully saturated rings. The van der Waals surface area contributed by atoms with Gasteiger partial charge in [-0.25, -0.2) is 8.42 Å². The largest absolute Gasteiger partial charge is 0.468 e. The van der Waals surface area contributed by atoms with Gasteiger partial charge in [0, 0.05) is 6.20 Å². The van der Waals surface area contributed by atoms with Gasteiger partial charge in [0.2, 0.25) is 0 Å². The first kappa shape index (κ1) is 19.8. The number of carbonyl (C=O) groups excluding carboxylic acids is 1. The van der Waals surface area contributed by atoms with Crippen molar-refractivity contribution in [3.63, 3.8) is 0 Å². The van der Waals surface area contributed by atoms with Gasteiger partial charge in [0.1, 0.15) is 17.3 Å². The third-order valence-corrected chi connectivity index (χ3v) is 6.28. The number of fused-ring (bicyclic) bond motifs is 1. The molecule has 8 nitrogen and oxygen atoms in total. The van der Waals surface area contributed by atoms with Crippen LogP contribution in [0.5, 0.6) is 0 Å². The molecule has 2 aromatic heterocycles. The summed E-state index contributed by atoms with van der Waals surface area (Å²) >= 11 is 0. The van der Waals surface area contributed by atoms with Crippen molar-refractivity contribution in [2.45, 2.75) is 31.6 Å². The molecule has 0 aliphatic carbocycles. The Balaban J connectivity index is 2.14. The van der Waals surface area contributed by atoms with Gasteiger partial charge in [-0.3, -0.25) is 13.5 Å². The van der Waals surface area contributed by atoms with Crippen LogP contribution in [0, 0.1) is 6.92 Å². The van der Waals surface area contributed by atoms with Gasteiger partial charge in [-0.05, 0) is 42.7 Å². The van der Waals surface area contributed by atoms with Crippen LogP contribution in [-0.2, 0) is 19.6 Å². The summed E-state index contributed by atoms with van der Waals surface area (Å²) in [5.41, 5.74) is 1.64. The second-order valence-electron chi connectivity index (χ2n) is 6.65. The van der Waals surface area contributed by atoms with E-state index in [9.17, 15) is 13.2 Å². The van der Waals surface area contributed by atoms with E-state index in [4.69, 9.17) is 4.74 Å². The molecule has 0 saturated carbocycles. The van der Waals surface area contributed by atoms with E-state index in [1.807, 2.05) is 26.0 Å². The molecular formula is C19H22N4O4S. The second kappa shape index (κ2) is 7.59. The fraction of sp³-hybridized carbons (Fsp3) is 0.316. The molecule has 0 aliphatic rings. The van der Waals surface area contributed by atoms with Crippen LogP contribution in [0.4, 0.5) is 5.69 Å². The lowest BCUT2D eigenvalue weighted by molar-refractivity contribution is -0.138. The van der Waals surface area contributed by atoms with Crippen molar-refractivity contribution in [2.24, 2.45) is 0 Å². The normalized spacial score (nSPS) is 11.8. The maximum absolute atomic E-state index is 13.5. The van der Waals surface area contributed by atoms with Gasteiger partial charge in [-0.1, -0.05) is 26.0 Å². The van der Waals surface area contributed by atoms with Crippen molar-refractivity contribution in [3.05, 3.63) is 54.0 Å². The number of sulfonamides is 1. The highest BCUT2D eigenvalue weighted by Gasteiger charge is 2.30. The number of pyridine rings is 1. The maximum atomic E-state index is 13.5. The molecule has 28 heavy (non-hydrogen) atoms. The minimum atomic E-state index is -4.10. The monoisotopic (exact) mass is 402 g/mol. The van der Waals surface area contributed by atoms with Crippen molar-refractivity contribution < 1.29 is 17.9 Å². The second-order valence-corrected chi connectivity index (χ2v) is 8.48. The summed E-state index contributed by atoms with van der Waals surface area (Å²) in [6.45, 7) is 5.37. The molecule has 3 aromatic rings. The number of carbonyl (C=O) groups is 1. The van der Waals surface area contributed by atoms with E-state index in [2.05, 4.69) is 10.2 Å². The van der Waals surface area contributed by atoms with Crippen molar-refractivity contribution in [3.8, 4) is 0 Å². The van der Waals surface area contributed by atoms with Crippen LogP contribution in [0.3, 0.4) is 0 Å². The third kappa shape index (κ3) is 3.57. The van der Waals surface area contributed by atoms with E-state index in [0.717, 1.165) is 9.87 Å². The van der Waals surface area contributed by atoms with Crippen molar-refractivity contribution in [1.82, 2.24) is 14.6 Å². The van der Waals surface area contributed by atoms with E-state index >= 15 is 0 Å². The molecule has 148 valence electrons. The maximum Gasteiger partial charge on any atom is 0.326 e. The summed E-state index contributed by atoms with van der Waals surface area (Å²) in [6.07, 6.45) is 1.69. The van der Waals surface area contributed by atoms with Gasteiger partial charge in [-0.2, -0.15) is 0 Å². The summed E-state index contributed by atoms with van der Waals surface area (Å²) in [6, 6.07) is 10.1. The van der Waals surface area contributed by atoms with Gasteiger partial charge >= 0.3 is 5.97 Å². The quantitative estimate of drug-likeness (QED) is 0.588. The highest BCUT2D eigenvalue weighted by molar-refractivity contribution is 7.93. The van der Waals surface area contributed by atoms with E-state index < -0.39 is 22.5 Å². The van der Waals surface area contributed by atoms with E-state index in [-0.39, 0.29) is 10.5 Å². The zero-order valence-electron chi connectivity index (χ0n) is 16.2. The lowest BCUT2D eigenvalue weighted by atomic mass is 10.0. The molecule has 0 N–H and O–H groups in total. The van der Waals surface area contributed by atoms with Crippen LogP contribution in [0.15, 0.2) is 47.5 Å². The molecule has 0 unspecified atom stereocenters. The smallest absolute Gasteiger partial charge is 0.326 e. The minimum Gasteiger partial charge on any atom is -0.468 e. The zero-order valence-corrected chi connectivity index (χ0v) is 17.0. The van der Waals surface area contributed by atoms with Crippen LogP contribution < -0.4 is 4.31 Å². The number of esters is 1. The molecule has 0 spiro atoms. The topological polar surface area (TPSA) is 93.9 Å². The molecule has 0 atom stereocenters. The Morgan fingerprint density at radius 3 is 2.46 bits per heavy atom. The van der Waals surface area contributed by atoms with Crippen LogP contribution in [0.2, 0.25) is 0 Å². The number of ether oxygens (including phenoxy) is 1. The van der Waals surface area contributed by atoms with Crippen LogP contribution in [0.1, 0.15) is 31.2 Å². The fourth-order valence-corrected chi connectivity index (χ4v) is 4.38. The number of aromatic nitrogens is 3. The SMILES string of the molecule is COC(=O)CN(c1ccc(C(C)C)cc1)S(=O)(=O)c1cccn2c(C)nnc12. The van der Waals surface area contributed by atoms with E-state index in [1.54, 1.807) is 35.7 Å². The number of anilines is 1. The summed E-state index contributed by atoms with van der Waals surface area (Å²) in [5, 5.41) is 7.94. The molecular weight excluding hydrogens is 380 g/mol. The van der Waals surface area contributed by atoms with E-state index in [0.29, 0.717) is 17.4 Å². The first-order valence-corrected chi connectivity index (χ1v) is 10.2. The Morgan fingerprint density at radius 1 is 1.18 bits per heavy atom. The Kier molecular flexibility index (Phi) is 5.37. The van der Waals surface area contributed by atoms with Crippen LogP contribution >= 0.6 is 0 Å². The van der Waals surface area contributed by atoms with Crippen molar-refractivity contribution in [2.75, 3.05) is 18.0 Å². The predicted molar refractivity (Wildman–Crippen MR) is 105 cm³/mol. The highest BCUT2D eigenvalue weighted by atomic mass is 32.2. The number of hydrogen-bond donors (Lipinski definition) is 0. The number of benzene rings is 1. The van der Waals surface area contributed by atoms with Gasteiger partial charge < -0.3 is 4.74 Å². The molecule has 1 aromatic carbocycles. The average molecular weight is 402 g/mol. The number of hydrogen-bond acceptors (Lipinski definition) is 6. The number of nitrogens with zero attached hydrogens (tertiary/aromatic N) is 4. The van der Waals surface area contributed by atoms with Crippen molar-refractivity contribution in [1.29, 1.82) is 0 Å². The molecule has 0 bridgehead atoms. The highest BCUT2D eigenvalue weighted by Crippen LogP contribution is 2.27. The van der Waals surface area contributed by atoms with E-state index in [1.165, 1.54) is 13.2 Å². The first-order valence-electron chi connectivity index (χ1n) is 8.75. The number of methoxy groups -OCH3 is 1. The summed E-state index contributed by atoms with van der Waals surface area (Å²) < 4.78 is 34.3. The Bertz CT molecular complexity index is 1100. The molecule has 0 aliphatic heterocycles. The lowest BCUT2D eigenvalue weighted by Gasteiger charge is -2.24. The summed E-state index contributed by atoms with van der Waals surface area (Å²) in [7, 11) is -2.88. The van der Waals surface area contributed by atoms with Gasteiger partial charge in [0.25, 0.3) is 10.0 Å². The van der Waals surface area contributed by atoms with Crippen molar-refractivity contribution >= 4 is 27.3 Å². The summed E-state index contributed by atoms with van der Waals surface area (Å²) in [4.78, 5) is 11.9. The Labute approximate surface area is 163 Å². The molecule has 3 rings (SSSR count). The Hall–Kier alpha value is -2.94. The summed E-state index contributed by atoms with van der Waals surface area (Å²) in [5.74, 6) is 0.196. The first-order chi connectivity index (χ1) is 13.3. The number of aryl methyl sites for hydroxylation is 1. The Morgan fingerprint density at radius 2 is 1.86 bits per heavy atom. The molecule has 0 saturated heterocycles. The van der Waals surface area contributed by atoms with Gasteiger partial charge in [-0.15, -0.1) is 10.2 Å². The molecule has 9 heteroatoms. The standard InChI is InChI=1S/C19H22N4O4S/c1-13(2)15-7-9-16(10-8-15)23(12-18(24)27-4)28(25,26)17-6-5-11-22-14(3)20-21-19(17)22/h5-11,13H,12H2,1-4H3. The molecule has 0 radical (unpaired) electrons. The minimum absolute atomic E-state index is 0.0348. The van der Waals surface area contributed by atoms with Crippen LogP contribution in [-0.4, -0.2) is 42.6 Å². The molecule has 0 amide bonds. The molecule has 2 heterocycles. The van der Waals surface area contributed by atoms with Gasteiger partial charge in [0.05, 0.1) is 12.8 Å². The fourth-order valence-electron chi connectivity index (χ4n) is 2.85. The average Bonchev–Trinajstić information content (AvgIpc) is 3.06. The lowest BCUT2D eigenvalue weighted by Crippen LogP contribution is -2.36. The van der Waals surface area contributed by atoms with Gasteiger partial charge in [0.15, 0.2) is 5.65 Å². The van der Waals surface area contributed by atoms with Crippen LogP contribution in [0.25, 0.3) is 5.65 Å². The predicted octanol–water partition coefficient (Wildman–Crippen LogP) is 2.53. The number of rotatable bonds is 6. The zero-order chi connectivity index (χ0) is 20.5. The third-order valence-electron chi connectivity index (χ3n) is 4.49.